The number of carboxylic acid groups (broad SMARTS) is 2. The van der Waals surface area contributed by atoms with E-state index in [1.54, 1.807) is 36.4 Å². The number of rotatable bonds is 6. The zero-order valence-corrected chi connectivity index (χ0v) is 13.4. The van der Waals surface area contributed by atoms with Crippen molar-refractivity contribution in [1.29, 1.82) is 0 Å². The summed E-state index contributed by atoms with van der Waals surface area (Å²) in [7, 11) is 0. The van der Waals surface area contributed by atoms with Crippen LogP contribution in [0.1, 0.15) is 20.7 Å². The Hall–Kier alpha value is -3.94. The number of nitrogens with one attached hydrogen (secondary N) is 2. The van der Waals surface area contributed by atoms with Crippen LogP contribution in [0.15, 0.2) is 60.9 Å². The Morgan fingerprint density at radius 2 is 1.15 bits per heavy atom. The summed E-state index contributed by atoms with van der Waals surface area (Å²) < 4.78 is 0. The zero-order chi connectivity index (χ0) is 18.5. The maximum absolute atomic E-state index is 11.6. The largest absolute Gasteiger partial charge is 0.478 e. The number of carbonyl (C=O) groups is 2. The summed E-state index contributed by atoms with van der Waals surface area (Å²) in [5.41, 5.74) is 0.0542. The summed E-state index contributed by atoms with van der Waals surface area (Å²) in [5.74, 6) is -1.61. The number of benzene rings is 1. The standard InChI is InChI=1S/C18H14N4O4/c23-17(24)11-10-14(22-16-6-2-4-8-20-16)12(18(25)26)9-13(11)21-15-5-1-3-7-19-15/h1-10H,(H,19,21)(H,20,22)(H,23,24)(H,25,26). The second kappa shape index (κ2) is 7.31. The van der Waals surface area contributed by atoms with Crippen LogP contribution in [0.2, 0.25) is 0 Å². The molecule has 26 heavy (non-hydrogen) atoms. The van der Waals surface area contributed by atoms with Gasteiger partial charge in [-0.3, -0.25) is 0 Å². The number of pyridine rings is 2. The summed E-state index contributed by atoms with van der Waals surface area (Å²) in [6, 6.07) is 12.7. The van der Waals surface area contributed by atoms with Crippen molar-refractivity contribution < 1.29 is 19.8 Å². The molecule has 0 amide bonds. The Bertz CT molecular complexity index is 867. The molecule has 8 heteroatoms. The normalized spacial score (nSPS) is 10.2. The van der Waals surface area contributed by atoms with Crippen LogP contribution < -0.4 is 10.6 Å². The molecule has 130 valence electrons. The van der Waals surface area contributed by atoms with Crippen molar-refractivity contribution in [2.24, 2.45) is 0 Å². The van der Waals surface area contributed by atoms with Crippen LogP contribution in [-0.2, 0) is 0 Å². The van der Waals surface area contributed by atoms with E-state index in [0.717, 1.165) is 0 Å². The van der Waals surface area contributed by atoms with E-state index in [1.165, 1.54) is 24.5 Å². The predicted octanol–water partition coefficient (Wildman–Crippen LogP) is 3.36. The van der Waals surface area contributed by atoms with E-state index in [1.807, 2.05) is 0 Å². The molecule has 2 heterocycles. The summed E-state index contributed by atoms with van der Waals surface area (Å²) in [4.78, 5) is 31.4. The van der Waals surface area contributed by atoms with Gasteiger partial charge in [-0.1, -0.05) is 12.1 Å². The van der Waals surface area contributed by atoms with Gasteiger partial charge in [-0.25, -0.2) is 19.6 Å². The fourth-order valence-corrected chi connectivity index (χ4v) is 2.31. The molecule has 0 radical (unpaired) electrons. The van der Waals surface area contributed by atoms with Gasteiger partial charge in [0.1, 0.15) is 11.6 Å². The number of anilines is 4. The number of nitrogens with zero attached hydrogens (tertiary/aromatic N) is 2. The smallest absolute Gasteiger partial charge is 0.337 e. The molecule has 3 aromatic rings. The molecule has 0 aliphatic carbocycles. The maximum atomic E-state index is 11.6. The Balaban J connectivity index is 2.06. The van der Waals surface area contributed by atoms with Gasteiger partial charge in [0.05, 0.1) is 22.5 Å². The van der Waals surface area contributed by atoms with E-state index in [4.69, 9.17) is 0 Å². The van der Waals surface area contributed by atoms with E-state index in [-0.39, 0.29) is 22.5 Å². The first-order chi connectivity index (χ1) is 12.5. The molecule has 0 fully saturated rings. The molecule has 0 unspecified atom stereocenters. The first-order valence-electron chi connectivity index (χ1n) is 7.55. The van der Waals surface area contributed by atoms with Gasteiger partial charge in [0.25, 0.3) is 0 Å². The Morgan fingerprint density at radius 1 is 0.731 bits per heavy atom. The predicted molar refractivity (Wildman–Crippen MR) is 95.4 cm³/mol. The van der Waals surface area contributed by atoms with Crippen LogP contribution in [0.4, 0.5) is 23.0 Å². The van der Waals surface area contributed by atoms with Gasteiger partial charge in [-0.15, -0.1) is 0 Å². The molecule has 0 aliphatic heterocycles. The lowest BCUT2D eigenvalue weighted by molar-refractivity contribution is 0.0683. The summed E-state index contributed by atoms with van der Waals surface area (Å²) in [6.07, 6.45) is 3.08. The third-order valence-electron chi connectivity index (χ3n) is 3.47. The minimum absolute atomic E-state index is 0.0981. The maximum Gasteiger partial charge on any atom is 0.337 e. The van der Waals surface area contributed by atoms with E-state index in [0.29, 0.717) is 11.6 Å². The van der Waals surface area contributed by atoms with Gasteiger partial charge < -0.3 is 20.8 Å². The van der Waals surface area contributed by atoms with Gasteiger partial charge >= 0.3 is 11.9 Å². The van der Waals surface area contributed by atoms with Crippen molar-refractivity contribution in [3.8, 4) is 0 Å². The lowest BCUT2D eigenvalue weighted by Crippen LogP contribution is -2.10. The third-order valence-corrected chi connectivity index (χ3v) is 3.47. The first kappa shape index (κ1) is 16.9. The Kier molecular flexibility index (Phi) is 4.75. The minimum atomic E-state index is -1.20. The molecule has 2 aromatic heterocycles. The molecule has 0 spiro atoms. The highest BCUT2D eigenvalue weighted by molar-refractivity contribution is 6.03. The van der Waals surface area contributed by atoms with Crippen LogP contribution in [0.3, 0.4) is 0 Å². The van der Waals surface area contributed by atoms with Crippen molar-refractivity contribution >= 4 is 34.9 Å². The third kappa shape index (κ3) is 3.75. The molecule has 0 saturated heterocycles. The fraction of sp³-hybridized carbons (Fsp3) is 0. The van der Waals surface area contributed by atoms with Gasteiger partial charge in [0.2, 0.25) is 0 Å². The lowest BCUT2D eigenvalue weighted by atomic mass is 10.1. The van der Waals surface area contributed by atoms with Crippen LogP contribution in [-0.4, -0.2) is 32.1 Å². The molecule has 3 rings (SSSR count). The second-order valence-corrected chi connectivity index (χ2v) is 5.23. The van der Waals surface area contributed by atoms with Crippen LogP contribution in [0, 0.1) is 0 Å². The molecule has 0 aliphatic rings. The van der Waals surface area contributed by atoms with Crippen molar-refractivity contribution in [3.05, 3.63) is 72.1 Å². The molecule has 4 N–H and O–H groups in total. The fourth-order valence-electron chi connectivity index (χ4n) is 2.31. The van der Waals surface area contributed by atoms with Crippen molar-refractivity contribution in [3.63, 3.8) is 0 Å². The van der Waals surface area contributed by atoms with Crippen molar-refractivity contribution in [2.75, 3.05) is 10.6 Å². The first-order valence-corrected chi connectivity index (χ1v) is 7.55. The topological polar surface area (TPSA) is 124 Å². The van der Waals surface area contributed by atoms with Crippen LogP contribution in [0.25, 0.3) is 0 Å². The molecular formula is C18H14N4O4. The van der Waals surface area contributed by atoms with E-state index in [9.17, 15) is 19.8 Å². The highest BCUT2D eigenvalue weighted by atomic mass is 16.4. The SMILES string of the molecule is O=C(O)c1cc(Nc2ccccn2)c(C(=O)O)cc1Nc1ccccn1. The summed E-state index contributed by atoms with van der Waals surface area (Å²) >= 11 is 0. The number of aromatic carboxylic acids is 2. The zero-order valence-electron chi connectivity index (χ0n) is 13.4. The number of hydrogen-bond donors (Lipinski definition) is 4. The highest BCUT2D eigenvalue weighted by Gasteiger charge is 2.19. The molecular weight excluding hydrogens is 336 g/mol. The lowest BCUT2D eigenvalue weighted by Gasteiger charge is -2.14. The van der Waals surface area contributed by atoms with Crippen molar-refractivity contribution in [1.82, 2.24) is 9.97 Å². The van der Waals surface area contributed by atoms with E-state index < -0.39 is 11.9 Å². The van der Waals surface area contributed by atoms with Crippen molar-refractivity contribution in [2.45, 2.75) is 0 Å². The van der Waals surface area contributed by atoms with Gasteiger partial charge in [-0.2, -0.15) is 0 Å². The number of carboxylic acids is 2. The summed E-state index contributed by atoms with van der Waals surface area (Å²) in [5, 5.41) is 24.7. The molecule has 8 nitrogen and oxygen atoms in total. The molecule has 1 aromatic carbocycles. The molecule has 0 bridgehead atoms. The molecule has 0 atom stereocenters. The van der Waals surface area contributed by atoms with Gasteiger partial charge in [0, 0.05) is 12.4 Å². The van der Waals surface area contributed by atoms with Gasteiger partial charge in [0.15, 0.2) is 0 Å². The highest BCUT2D eigenvalue weighted by Crippen LogP contribution is 2.29. The van der Waals surface area contributed by atoms with E-state index in [2.05, 4.69) is 20.6 Å². The number of hydrogen-bond acceptors (Lipinski definition) is 6. The minimum Gasteiger partial charge on any atom is -0.478 e. The van der Waals surface area contributed by atoms with Crippen LogP contribution in [0.5, 0.6) is 0 Å². The van der Waals surface area contributed by atoms with E-state index >= 15 is 0 Å². The quantitative estimate of drug-likeness (QED) is 0.533. The van der Waals surface area contributed by atoms with Crippen LogP contribution >= 0.6 is 0 Å². The summed E-state index contributed by atoms with van der Waals surface area (Å²) in [6.45, 7) is 0. The second-order valence-electron chi connectivity index (χ2n) is 5.23. The average molecular weight is 350 g/mol. The monoisotopic (exact) mass is 350 g/mol. The Labute approximate surface area is 148 Å². The average Bonchev–Trinajstić information content (AvgIpc) is 2.64. The number of aromatic nitrogens is 2. The Morgan fingerprint density at radius 3 is 1.46 bits per heavy atom. The molecule has 0 saturated carbocycles. The van der Waals surface area contributed by atoms with Gasteiger partial charge in [-0.05, 0) is 36.4 Å².